The molecule has 0 spiro atoms. The third-order valence-electron chi connectivity index (χ3n) is 2.05. The number of carbonyl (C=O) groups excluding carboxylic acids is 1. The van der Waals surface area contributed by atoms with E-state index >= 15 is 0 Å². The van der Waals surface area contributed by atoms with Crippen molar-refractivity contribution in [2.24, 2.45) is 0 Å². The number of hydrogen-bond donors (Lipinski definition) is 3. The van der Waals surface area contributed by atoms with Gasteiger partial charge in [0.2, 0.25) is 5.91 Å². The van der Waals surface area contributed by atoms with Gasteiger partial charge in [0.25, 0.3) is 0 Å². The van der Waals surface area contributed by atoms with Gasteiger partial charge in [0.15, 0.2) is 0 Å². The molecule has 0 aliphatic carbocycles. The van der Waals surface area contributed by atoms with Crippen molar-refractivity contribution in [3.05, 3.63) is 29.8 Å². The average molecular weight is 246 g/mol. The zero-order valence-electron chi connectivity index (χ0n) is 9.80. The van der Waals surface area contributed by atoms with Gasteiger partial charge in [-0.25, -0.2) is 4.79 Å². The Kier molecular flexibility index (Phi) is 6.87. The molecule has 17 heavy (non-hydrogen) atoms. The number of amides is 1. The van der Waals surface area contributed by atoms with E-state index in [0.717, 1.165) is 5.56 Å². The first kappa shape index (κ1) is 16.0. The summed E-state index contributed by atoms with van der Waals surface area (Å²) in [6.07, 6.45) is 0.190. The second-order valence-electron chi connectivity index (χ2n) is 3.46. The number of hydrogen-bond acceptors (Lipinski definition) is 3. The molecule has 0 saturated heterocycles. The van der Waals surface area contributed by atoms with Crippen LogP contribution in [0.1, 0.15) is 12.5 Å². The van der Waals surface area contributed by atoms with E-state index in [2.05, 4.69) is 5.32 Å². The molecule has 0 saturated carbocycles. The van der Waals surface area contributed by atoms with Crippen LogP contribution in [0.5, 0.6) is 5.75 Å². The summed E-state index contributed by atoms with van der Waals surface area (Å²) in [7, 11) is 0. The van der Waals surface area contributed by atoms with Crippen LogP contribution in [-0.2, 0) is 16.0 Å². The van der Waals surface area contributed by atoms with Gasteiger partial charge in [0.05, 0.1) is 0 Å². The van der Waals surface area contributed by atoms with Crippen molar-refractivity contribution < 1.29 is 19.8 Å². The summed E-state index contributed by atoms with van der Waals surface area (Å²) >= 11 is 0. The number of carboxylic acids is 1. The zero-order valence-corrected chi connectivity index (χ0v) is 11.8. The number of nitrogens with one attached hydrogen (secondary N) is 1. The summed E-state index contributed by atoms with van der Waals surface area (Å²) in [5, 5.41) is 20.3. The fraction of sp³-hybridized carbons (Fsp3) is 0.273. The molecule has 87 valence electrons. The molecule has 6 heteroatoms. The minimum Gasteiger partial charge on any atom is -0.508 e. The number of phenolic OH excluding ortho intramolecular Hbond substituents is 1. The fourth-order valence-electron chi connectivity index (χ4n) is 1.31. The molecule has 1 radical (unpaired) electrons. The molecule has 0 heterocycles. The molecule has 3 N–H and O–H groups in total. The van der Waals surface area contributed by atoms with E-state index in [4.69, 9.17) is 10.2 Å². The molecule has 1 atom stereocenters. The Morgan fingerprint density at radius 1 is 1.29 bits per heavy atom. The van der Waals surface area contributed by atoms with Crippen molar-refractivity contribution in [1.82, 2.24) is 5.32 Å². The average Bonchev–Trinajstić information content (AvgIpc) is 2.19. The molecule has 1 amide bonds. The Morgan fingerprint density at radius 3 is 2.24 bits per heavy atom. The fourth-order valence-corrected chi connectivity index (χ4v) is 1.31. The standard InChI is InChI=1S/C11H13NO4.Na/c1-7(13)12-10(11(15)16)6-8-2-4-9(14)5-3-8;/h2-5,10,14H,6H2,1H3,(H,12,13)(H,15,16);/t10-;/m0./s1. The van der Waals surface area contributed by atoms with E-state index in [1.807, 2.05) is 0 Å². The largest absolute Gasteiger partial charge is 0.508 e. The van der Waals surface area contributed by atoms with Gasteiger partial charge in [-0.3, -0.25) is 4.79 Å². The van der Waals surface area contributed by atoms with Gasteiger partial charge in [-0.15, -0.1) is 0 Å². The van der Waals surface area contributed by atoms with Crippen LogP contribution < -0.4 is 5.32 Å². The Bertz CT molecular complexity index is 391. The summed E-state index contributed by atoms with van der Waals surface area (Å²) in [5.74, 6) is -1.34. The molecule has 0 bridgehead atoms. The van der Waals surface area contributed by atoms with E-state index in [1.54, 1.807) is 12.1 Å². The van der Waals surface area contributed by atoms with Gasteiger partial charge in [-0.05, 0) is 17.7 Å². The Balaban J connectivity index is 0.00000256. The molecule has 0 aliphatic rings. The van der Waals surface area contributed by atoms with Crippen molar-refractivity contribution in [2.75, 3.05) is 0 Å². The van der Waals surface area contributed by atoms with Crippen LogP contribution in [0.15, 0.2) is 24.3 Å². The van der Waals surface area contributed by atoms with Crippen LogP contribution in [0.25, 0.3) is 0 Å². The minimum absolute atomic E-state index is 0. The molecular formula is C11H13NNaO4. The third kappa shape index (κ3) is 5.72. The Labute approximate surface area is 121 Å². The molecule has 0 fully saturated rings. The van der Waals surface area contributed by atoms with Gasteiger partial charge in [0, 0.05) is 42.9 Å². The van der Waals surface area contributed by atoms with Crippen molar-refractivity contribution in [1.29, 1.82) is 0 Å². The SMILES string of the molecule is CC(=O)N[C@@H](Cc1ccc(O)cc1)C(=O)O.[Na]. The maximum atomic E-state index is 10.8. The summed E-state index contributed by atoms with van der Waals surface area (Å²) in [5.41, 5.74) is 0.735. The third-order valence-corrected chi connectivity index (χ3v) is 2.05. The predicted molar refractivity (Wildman–Crippen MR) is 62.8 cm³/mol. The number of rotatable bonds is 4. The quantitative estimate of drug-likeness (QED) is 0.660. The van der Waals surface area contributed by atoms with Crippen molar-refractivity contribution >= 4 is 41.4 Å². The number of benzene rings is 1. The first-order valence-corrected chi connectivity index (χ1v) is 4.77. The van der Waals surface area contributed by atoms with Crippen LogP contribution in [0.2, 0.25) is 0 Å². The zero-order chi connectivity index (χ0) is 12.1. The van der Waals surface area contributed by atoms with E-state index in [9.17, 15) is 9.59 Å². The smallest absolute Gasteiger partial charge is 0.326 e. The minimum atomic E-state index is -1.08. The van der Waals surface area contributed by atoms with E-state index < -0.39 is 12.0 Å². The van der Waals surface area contributed by atoms with E-state index in [0.29, 0.717) is 0 Å². The topological polar surface area (TPSA) is 86.6 Å². The number of carbonyl (C=O) groups is 2. The van der Waals surface area contributed by atoms with E-state index in [-0.39, 0.29) is 47.6 Å². The number of aliphatic carboxylic acids is 1. The van der Waals surface area contributed by atoms with Gasteiger partial charge in [-0.1, -0.05) is 12.1 Å². The maximum Gasteiger partial charge on any atom is 0.326 e. The normalized spacial score (nSPS) is 11.1. The van der Waals surface area contributed by atoms with Crippen molar-refractivity contribution in [3.63, 3.8) is 0 Å². The Hall–Kier alpha value is -1.04. The van der Waals surface area contributed by atoms with Gasteiger partial charge >= 0.3 is 5.97 Å². The molecule has 0 unspecified atom stereocenters. The second kappa shape index (κ2) is 7.32. The summed E-state index contributed by atoms with van der Waals surface area (Å²) < 4.78 is 0. The molecular weight excluding hydrogens is 233 g/mol. The monoisotopic (exact) mass is 246 g/mol. The summed E-state index contributed by atoms with van der Waals surface area (Å²) in [6.45, 7) is 1.27. The summed E-state index contributed by atoms with van der Waals surface area (Å²) in [6, 6.07) is 5.24. The van der Waals surface area contributed by atoms with Crippen LogP contribution >= 0.6 is 0 Å². The Morgan fingerprint density at radius 2 is 1.82 bits per heavy atom. The molecule has 0 aliphatic heterocycles. The van der Waals surface area contributed by atoms with Crippen LogP contribution in [0, 0.1) is 0 Å². The predicted octanol–water partition coefficient (Wildman–Crippen LogP) is 0.143. The number of phenols is 1. The van der Waals surface area contributed by atoms with Gasteiger partial charge < -0.3 is 15.5 Å². The van der Waals surface area contributed by atoms with Gasteiger partial charge in [-0.2, -0.15) is 0 Å². The second-order valence-corrected chi connectivity index (χ2v) is 3.46. The maximum absolute atomic E-state index is 10.8. The first-order chi connectivity index (χ1) is 7.49. The molecule has 1 rings (SSSR count). The summed E-state index contributed by atoms with van der Waals surface area (Å²) in [4.78, 5) is 21.6. The number of carboxylic acid groups (broad SMARTS) is 1. The molecule has 1 aromatic carbocycles. The van der Waals surface area contributed by atoms with E-state index in [1.165, 1.54) is 19.1 Å². The van der Waals surface area contributed by atoms with Crippen molar-refractivity contribution in [2.45, 2.75) is 19.4 Å². The number of aromatic hydroxyl groups is 1. The molecule has 5 nitrogen and oxygen atoms in total. The van der Waals surface area contributed by atoms with Crippen LogP contribution in [0.4, 0.5) is 0 Å². The van der Waals surface area contributed by atoms with Crippen LogP contribution in [0.3, 0.4) is 0 Å². The van der Waals surface area contributed by atoms with Crippen molar-refractivity contribution in [3.8, 4) is 5.75 Å². The first-order valence-electron chi connectivity index (χ1n) is 4.77. The van der Waals surface area contributed by atoms with Gasteiger partial charge in [0.1, 0.15) is 11.8 Å². The molecule has 1 aromatic rings. The van der Waals surface area contributed by atoms with Crippen LogP contribution in [-0.4, -0.2) is 57.7 Å². The molecule has 0 aromatic heterocycles.